The van der Waals surface area contributed by atoms with Crippen LogP contribution in [0.5, 0.6) is 0 Å². The van der Waals surface area contributed by atoms with Crippen LogP contribution in [-0.4, -0.2) is 23.9 Å². The summed E-state index contributed by atoms with van der Waals surface area (Å²) in [6, 6.07) is 8.39. The summed E-state index contributed by atoms with van der Waals surface area (Å²) in [4.78, 5) is 2.10. The first-order chi connectivity index (χ1) is 9.52. The molecule has 0 fully saturated rings. The van der Waals surface area contributed by atoms with Crippen LogP contribution in [-0.2, 0) is 13.1 Å². The Labute approximate surface area is 128 Å². The Morgan fingerprint density at radius 3 is 2.75 bits per heavy atom. The molecule has 0 saturated heterocycles. The maximum Gasteiger partial charge on any atom is 0.0739 e. The number of benzene rings is 1. The average Bonchev–Trinajstić information content (AvgIpc) is 2.72. The lowest BCUT2D eigenvalue weighted by atomic mass is 10.2. The predicted octanol–water partition coefficient (Wildman–Crippen LogP) is 3.65. The lowest BCUT2D eigenvalue weighted by Crippen LogP contribution is -2.10. The highest BCUT2D eigenvalue weighted by atomic mass is 79.9. The van der Waals surface area contributed by atoms with Crippen LogP contribution in [0.25, 0.3) is 0 Å². The third kappa shape index (κ3) is 3.15. The zero-order valence-corrected chi connectivity index (χ0v) is 14.0. The molecule has 0 aliphatic heterocycles. The number of anilines is 2. The number of hydrogen-bond donors (Lipinski definition) is 1. The van der Waals surface area contributed by atoms with E-state index in [1.54, 1.807) is 0 Å². The highest BCUT2D eigenvalue weighted by Crippen LogP contribution is 2.23. The second-order valence-corrected chi connectivity index (χ2v) is 5.75. The zero-order chi connectivity index (χ0) is 14.7. The van der Waals surface area contributed by atoms with Crippen LogP contribution in [0, 0.1) is 6.92 Å². The molecule has 2 aromatic rings. The first-order valence-electron chi connectivity index (χ1n) is 6.76. The van der Waals surface area contributed by atoms with Gasteiger partial charge in [0.15, 0.2) is 0 Å². The summed E-state index contributed by atoms with van der Waals surface area (Å²) in [5.41, 5.74) is 4.52. The van der Waals surface area contributed by atoms with Gasteiger partial charge in [-0.1, -0.05) is 6.07 Å². The van der Waals surface area contributed by atoms with Gasteiger partial charge in [-0.2, -0.15) is 5.10 Å². The molecule has 0 amide bonds. The van der Waals surface area contributed by atoms with Crippen LogP contribution in [0.3, 0.4) is 0 Å². The van der Waals surface area contributed by atoms with Gasteiger partial charge >= 0.3 is 0 Å². The smallest absolute Gasteiger partial charge is 0.0739 e. The summed E-state index contributed by atoms with van der Waals surface area (Å²) in [6.45, 7) is 5.76. The lowest BCUT2D eigenvalue weighted by molar-refractivity contribution is 0.622. The van der Waals surface area contributed by atoms with Gasteiger partial charge in [0.1, 0.15) is 0 Å². The van der Waals surface area contributed by atoms with Crippen molar-refractivity contribution in [3.63, 3.8) is 0 Å². The number of nitrogens with one attached hydrogen (secondary N) is 1. The fourth-order valence-corrected chi connectivity index (χ4v) is 2.54. The Hall–Kier alpha value is -1.49. The van der Waals surface area contributed by atoms with Crippen LogP contribution in [0.2, 0.25) is 0 Å². The molecule has 0 saturated carbocycles. The van der Waals surface area contributed by atoms with E-state index in [0.29, 0.717) is 0 Å². The van der Waals surface area contributed by atoms with Crippen molar-refractivity contribution >= 4 is 27.3 Å². The standard InChI is InChI=1S/C15H21BrN4/c1-5-20-14(15(16)11(2)18-20)10-17-12-7-6-8-13(9-12)19(3)4/h6-9,17H,5,10H2,1-4H3. The van der Waals surface area contributed by atoms with Gasteiger partial charge in [0.25, 0.3) is 0 Å². The first-order valence-corrected chi connectivity index (χ1v) is 7.55. The summed E-state index contributed by atoms with van der Waals surface area (Å²) in [5, 5.41) is 7.98. The molecule has 0 aliphatic rings. The number of aryl methyl sites for hydroxylation is 2. The molecule has 0 aliphatic carbocycles. The highest BCUT2D eigenvalue weighted by Gasteiger charge is 2.11. The Morgan fingerprint density at radius 1 is 1.35 bits per heavy atom. The van der Waals surface area contributed by atoms with E-state index in [9.17, 15) is 0 Å². The van der Waals surface area contributed by atoms with E-state index in [4.69, 9.17) is 0 Å². The molecule has 108 valence electrons. The van der Waals surface area contributed by atoms with Crippen LogP contribution >= 0.6 is 15.9 Å². The van der Waals surface area contributed by atoms with Crippen LogP contribution in [0.1, 0.15) is 18.3 Å². The van der Waals surface area contributed by atoms with E-state index in [-0.39, 0.29) is 0 Å². The normalized spacial score (nSPS) is 10.7. The quantitative estimate of drug-likeness (QED) is 0.904. The van der Waals surface area contributed by atoms with E-state index in [0.717, 1.165) is 28.9 Å². The predicted molar refractivity (Wildman–Crippen MR) is 88.4 cm³/mol. The van der Waals surface area contributed by atoms with Crippen molar-refractivity contribution in [2.24, 2.45) is 0 Å². The topological polar surface area (TPSA) is 33.1 Å². The zero-order valence-electron chi connectivity index (χ0n) is 12.4. The fourth-order valence-electron chi connectivity index (χ4n) is 2.12. The summed E-state index contributed by atoms with van der Waals surface area (Å²) >= 11 is 3.62. The SMILES string of the molecule is CCn1nc(C)c(Br)c1CNc1cccc(N(C)C)c1. The molecule has 1 aromatic heterocycles. The minimum atomic E-state index is 0.756. The van der Waals surface area contributed by atoms with Gasteiger partial charge in [-0.25, -0.2) is 0 Å². The highest BCUT2D eigenvalue weighted by molar-refractivity contribution is 9.10. The number of aromatic nitrogens is 2. The number of rotatable bonds is 5. The molecule has 5 heteroatoms. The molecule has 20 heavy (non-hydrogen) atoms. The van der Waals surface area contributed by atoms with Gasteiger partial charge in [-0.05, 0) is 48.0 Å². The van der Waals surface area contributed by atoms with Gasteiger partial charge in [-0.3, -0.25) is 4.68 Å². The second kappa shape index (κ2) is 6.31. The monoisotopic (exact) mass is 336 g/mol. The maximum absolute atomic E-state index is 4.51. The Morgan fingerprint density at radius 2 is 2.10 bits per heavy atom. The largest absolute Gasteiger partial charge is 0.379 e. The van der Waals surface area contributed by atoms with E-state index < -0.39 is 0 Å². The molecule has 1 N–H and O–H groups in total. The Kier molecular flexibility index (Phi) is 4.70. The van der Waals surface area contributed by atoms with Crippen molar-refractivity contribution in [2.45, 2.75) is 26.9 Å². The lowest BCUT2D eigenvalue weighted by Gasteiger charge is -2.15. The molecule has 0 atom stereocenters. The minimum Gasteiger partial charge on any atom is -0.379 e. The molecule has 0 unspecified atom stereocenters. The van der Waals surface area contributed by atoms with Crippen LogP contribution < -0.4 is 10.2 Å². The summed E-state index contributed by atoms with van der Waals surface area (Å²) in [6.07, 6.45) is 0. The van der Waals surface area contributed by atoms with Gasteiger partial charge in [0.05, 0.1) is 22.4 Å². The first kappa shape index (κ1) is 14.9. The van der Waals surface area contributed by atoms with Crippen LogP contribution in [0.4, 0.5) is 11.4 Å². The fraction of sp³-hybridized carbons (Fsp3) is 0.400. The number of halogens is 1. The van der Waals surface area contributed by atoms with Crippen molar-refractivity contribution in [3.8, 4) is 0 Å². The second-order valence-electron chi connectivity index (χ2n) is 4.96. The van der Waals surface area contributed by atoms with Crippen LogP contribution in [0.15, 0.2) is 28.7 Å². The van der Waals surface area contributed by atoms with E-state index >= 15 is 0 Å². The van der Waals surface area contributed by atoms with Crippen molar-refractivity contribution < 1.29 is 0 Å². The molecule has 0 spiro atoms. The summed E-state index contributed by atoms with van der Waals surface area (Å²) in [7, 11) is 4.09. The van der Waals surface area contributed by atoms with Gasteiger partial charge in [-0.15, -0.1) is 0 Å². The van der Waals surface area contributed by atoms with Gasteiger partial charge in [0, 0.05) is 32.0 Å². The third-order valence-electron chi connectivity index (χ3n) is 3.28. The van der Waals surface area contributed by atoms with Crippen molar-refractivity contribution in [3.05, 3.63) is 40.1 Å². The maximum atomic E-state index is 4.51. The Bertz CT molecular complexity index is 590. The summed E-state index contributed by atoms with van der Waals surface area (Å²) in [5.74, 6) is 0. The minimum absolute atomic E-state index is 0.756. The molecule has 2 rings (SSSR count). The molecule has 4 nitrogen and oxygen atoms in total. The molecule has 1 aromatic carbocycles. The van der Waals surface area contributed by atoms with E-state index in [2.05, 4.69) is 62.4 Å². The summed E-state index contributed by atoms with van der Waals surface area (Å²) < 4.78 is 3.12. The average molecular weight is 337 g/mol. The van der Waals surface area contributed by atoms with E-state index in [1.807, 2.05) is 25.7 Å². The van der Waals surface area contributed by atoms with Crippen molar-refractivity contribution in [1.29, 1.82) is 0 Å². The molecule has 0 radical (unpaired) electrons. The molecule has 1 heterocycles. The number of hydrogen-bond acceptors (Lipinski definition) is 3. The third-order valence-corrected chi connectivity index (χ3v) is 4.31. The molecular weight excluding hydrogens is 316 g/mol. The number of nitrogens with zero attached hydrogens (tertiary/aromatic N) is 3. The van der Waals surface area contributed by atoms with Crippen molar-refractivity contribution in [1.82, 2.24) is 9.78 Å². The van der Waals surface area contributed by atoms with Crippen molar-refractivity contribution in [2.75, 3.05) is 24.3 Å². The molecular formula is C15H21BrN4. The molecule has 0 bridgehead atoms. The Balaban J connectivity index is 2.15. The van der Waals surface area contributed by atoms with E-state index in [1.165, 1.54) is 11.4 Å². The van der Waals surface area contributed by atoms with Gasteiger partial charge < -0.3 is 10.2 Å². The van der Waals surface area contributed by atoms with Gasteiger partial charge in [0.2, 0.25) is 0 Å².